The van der Waals surface area contributed by atoms with Crippen molar-refractivity contribution >= 4 is 0 Å². The van der Waals surface area contributed by atoms with Gasteiger partial charge in [-0.15, -0.1) is 0 Å². The molecule has 0 atom stereocenters. The summed E-state index contributed by atoms with van der Waals surface area (Å²) in [5.41, 5.74) is 2.76. The maximum absolute atomic E-state index is 5.40. The van der Waals surface area contributed by atoms with E-state index in [0.717, 1.165) is 25.4 Å². The lowest BCUT2D eigenvalue weighted by Crippen LogP contribution is -2.37. The molecule has 0 amide bonds. The second-order valence-electron chi connectivity index (χ2n) is 6.32. The van der Waals surface area contributed by atoms with Gasteiger partial charge in [-0.2, -0.15) is 0 Å². The molecule has 3 heteroatoms. The molecule has 0 bridgehead atoms. The van der Waals surface area contributed by atoms with Crippen molar-refractivity contribution in [2.45, 2.75) is 27.3 Å². The van der Waals surface area contributed by atoms with Gasteiger partial charge in [0.25, 0.3) is 0 Å². The Kier molecular flexibility index (Phi) is 5.83. The first-order chi connectivity index (χ1) is 8.84. The molecule has 3 nitrogen and oxygen atoms in total. The Labute approximate surface area is 118 Å². The highest BCUT2D eigenvalue weighted by Gasteiger charge is 2.18. The third-order valence-electron chi connectivity index (χ3n) is 3.10. The molecule has 1 rings (SSSR count). The van der Waals surface area contributed by atoms with E-state index in [1.54, 1.807) is 7.11 Å². The van der Waals surface area contributed by atoms with E-state index in [0.29, 0.717) is 0 Å². The average Bonchev–Trinajstić information content (AvgIpc) is 2.27. The fourth-order valence-electron chi connectivity index (χ4n) is 2.49. The van der Waals surface area contributed by atoms with Crippen molar-refractivity contribution in [2.75, 3.05) is 34.3 Å². The van der Waals surface area contributed by atoms with E-state index in [2.05, 4.69) is 57.2 Å². The summed E-state index contributed by atoms with van der Waals surface area (Å²) in [5, 5.41) is 3.54. The zero-order valence-corrected chi connectivity index (χ0v) is 13.2. The fourth-order valence-corrected chi connectivity index (χ4v) is 2.49. The molecule has 108 valence electrons. The van der Waals surface area contributed by atoms with E-state index in [1.165, 1.54) is 11.1 Å². The molecule has 0 spiro atoms. The predicted molar refractivity (Wildman–Crippen MR) is 81.8 cm³/mol. The van der Waals surface area contributed by atoms with Crippen molar-refractivity contribution < 1.29 is 4.74 Å². The van der Waals surface area contributed by atoms with Crippen LogP contribution in [0.3, 0.4) is 0 Å². The molecule has 0 aliphatic heterocycles. The molecule has 0 saturated heterocycles. The SMILES string of the molecule is COc1ccc(C)cc1CNCC(C)(C)CN(C)C. The van der Waals surface area contributed by atoms with Crippen molar-refractivity contribution in [3.8, 4) is 5.75 Å². The van der Waals surface area contributed by atoms with E-state index < -0.39 is 0 Å². The minimum Gasteiger partial charge on any atom is -0.496 e. The molecule has 0 aromatic heterocycles. The molecular weight excluding hydrogens is 236 g/mol. The standard InChI is InChI=1S/C16H28N2O/c1-13-7-8-15(19-6)14(9-13)10-17-11-16(2,3)12-18(4)5/h7-9,17H,10-12H2,1-6H3. The molecule has 0 aliphatic carbocycles. The van der Waals surface area contributed by atoms with Crippen LogP contribution < -0.4 is 10.1 Å². The Morgan fingerprint density at radius 2 is 1.95 bits per heavy atom. The largest absolute Gasteiger partial charge is 0.496 e. The van der Waals surface area contributed by atoms with Gasteiger partial charge in [-0.1, -0.05) is 31.5 Å². The van der Waals surface area contributed by atoms with Crippen molar-refractivity contribution in [2.24, 2.45) is 5.41 Å². The van der Waals surface area contributed by atoms with Gasteiger partial charge in [0, 0.05) is 25.2 Å². The number of benzene rings is 1. The van der Waals surface area contributed by atoms with Crippen LogP contribution in [0.4, 0.5) is 0 Å². The monoisotopic (exact) mass is 264 g/mol. The summed E-state index contributed by atoms with van der Waals surface area (Å²) >= 11 is 0. The molecule has 0 unspecified atom stereocenters. The summed E-state index contributed by atoms with van der Waals surface area (Å²) in [6.45, 7) is 9.59. The first-order valence-corrected chi connectivity index (χ1v) is 6.83. The predicted octanol–water partition coefficient (Wildman–Crippen LogP) is 2.68. The lowest BCUT2D eigenvalue weighted by atomic mass is 9.93. The van der Waals surface area contributed by atoms with E-state index in [1.807, 2.05) is 6.07 Å². The summed E-state index contributed by atoms with van der Waals surface area (Å²) in [4.78, 5) is 2.23. The molecule has 0 saturated carbocycles. The first-order valence-electron chi connectivity index (χ1n) is 6.83. The van der Waals surface area contributed by atoms with Crippen LogP contribution in [-0.2, 0) is 6.54 Å². The van der Waals surface area contributed by atoms with Gasteiger partial charge in [-0.05, 0) is 32.5 Å². The maximum atomic E-state index is 5.40. The van der Waals surface area contributed by atoms with Crippen molar-refractivity contribution in [3.63, 3.8) is 0 Å². The Bertz CT molecular complexity index is 400. The third-order valence-corrected chi connectivity index (χ3v) is 3.10. The number of nitrogens with one attached hydrogen (secondary N) is 1. The highest BCUT2D eigenvalue weighted by molar-refractivity contribution is 5.36. The molecule has 0 heterocycles. The van der Waals surface area contributed by atoms with Gasteiger partial charge in [0.05, 0.1) is 7.11 Å². The van der Waals surface area contributed by atoms with Crippen molar-refractivity contribution in [1.82, 2.24) is 10.2 Å². The molecular formula is C16H28N2O. The van der Waals surface area contributed by atoms with Crippen LogP contribution in [0.15, 0.2) is 18.2 Å². The molecule has 19 heavy (non-hydrogen) atoms. The first kappa shape index (κ1) is 16.0. The molecule has 0 fully saturated rings. The van der Waals surface area contributed by atoms with Crippen LogP contribution in [0.25, 0.3) is 0 Å². The van der Waals surface area contributed by atoms with Crippen LogP contribution in [0.1, 0.15) is 25.0 Å². The number of hydrogen-bond acceptors (Lipinski definition) is 3. The highest BCUT2D eigenvalue weighted by Crippen LogP contribution is 2.20. The Morgan fingerprint density at radius 3 is 2.53 bits per heavy atom. The summed E-state index contributed by atoms with van der Waals surface area (Å²) < 4.78 is 5.40. The number of ether oxygens (including phenoxy) is 1. The van der Waals surface area contributed by atoms with Crippen LogP contribution in [-0.4, -0.2) is 39.2 Å². The summed E-state index contributed by atoms with van der Waals surface area (Å²) in [6, 6.07) is 6.31. The van der Waals surface area contributed by atoms with E-state index in [-0.39, 0.29) is 5.41 Å². The Morgan fingerprint density at radius 1 is 1.26 bits per heavy atom. The van der Waals surface area contributed by atoms with E-state index in [9.17, 15) is 0 Å². The van der Waals surface area contributed by atoms with Gasteiger partial charge in [0.1, 0.15) is 5.75 Å². The maximum Gasteiger partial charge on any atom is 0.123 e. The second-order valence-corrected chi connectivity index (χ2v) is 6.32. The minimum atomic E-state index is 0.264. The van der Waals surface area contributed by atoms with Crippen LogP contribution in [0.2, 0.25) is 0 Å². The van der Waals surface area contributed by atoms with Crippen molar-refractivity contribution in [1.29, 1.82) is 0 Å². The van der Waals surface area contributed by atoms with Gasteiger partial charge in [0.2, 0.25) is 0 Å². The number of nitrogens with zero attached hydrogens (tertiary/aromatic N) is 1. The number of hydrogen-bond donors (Lipinski definition) is 1. The van der Waals surface area contributed by atoms with Crippen molar-refractivity contribution in [3.05, 3.63) is 29.3 Å². The fraction of sp³-hybridized carbons (Fsp3) is 0.625. The highest BCUT2D eigenvalue weighted by atomic mass is 16.5. The smallest absolute Gasteiger partial charge is 0.123 e. The van der Waals surface area contributed by atoms with Crippen LogP contribution >= 0.6 is 0 Å². The van der Waals surface area contributed by atoms with Gasteiger partial charge in [0.15, 0.2) is 0 Å². The molecule has 1 aromatic carbocycles. The summed E-state index contributed by atoms with van der Waals surface area (Å²) in [5.74, 6) is 0.962. The van der Waals surface area contributed by atoms with E-state index >= 15 is 0 Å². The minimum absolute atomic E-state index is 0.264. The molecule has 0 radical (unpaired) electrons. The third kappa shape index (κ3) is 5.62. The Hall–Kier alpha value is -1.06. The topological polar surface area (TPSA) is 24.5 Å². The summed E-state index contributed by atoms with van der Waals surface area (Å²) in [7, 11) is 5.96. The summed E-state index contributed by atoms with van der Waals surface area (Å²) in [6.07, 6.45) is 0. The van der Waals surface area contributed by atoms with Gasteiger partial charge >= 0.3 is 0 Å². The molecule has 1 N–H and O–H groups in total. The Balaban J connectivity index is 2.55. The molecule has 1 aromatic rings. The van der Waals surface area contributed by atoms with E-state index in [4.69, 9.17) is 4.74 Å². The lowest BCUT2D eigenvalue weighted by Gasteiger charge is -2.28. The van der Waals surface area contributed by atoms with Gasteiger partial charge in [-0.25, -0.2) is 0 Å². The second kappa shape index (κ2) is 6.92. The zero-order valence-electron chi connectivity index (χ0n) is 13.2. The number of rotatable bonds is 7. The zero-order chi connectivity index (χ0) is 14.5. The number of methoxy groups -OCH3 is 1. The quantitative estimate of drug-likeness (QED) is 0.819. The van der Waals surface area contributed by atoms with Crippen LogP contribution in [0, 0.1) is 12.3 Å². The lowest BCUT2D eigenvalue weighted by molar-refractivity contribution is 0.232. The average molecular weight is 264 g/mol. The molecule has 0 aliphatic rings. The van der Waals surface area contributed by atoms with Gasteiger partial charge < -0.3 is 15.0 Å². The van der Waals surface area contributed by atoms with Gasteiger partial charge in [-0.3, -0.25) is 0 Å². The normalized spacial score (nSPS) is 11.9. The van der Waals surface area contributed by atoms with Crippen LogP contribution in [0.5, 0.6) is 5.75 Å². The number of aryl methyl sites for hydroxylation is 1.